The maximum Gasteiger partial charge on any atom is 0.336 e. The standard InChI is InChI=1S/C15H16O4/c1-2-12-13(18-12)7-8-17-11-5-3-10-4-6-15(16)19-14(10)9-11/h3-6,9,12-13H,2,7-8H2,1H3. The minimum absolute atomic E-state index is 0.346. The highest BCUT2D eigenvalue weighted by Crippen LogP contribution is 2.28. The van der Waals surface area contributed by atoms with Gasteiger partial charge in [-0.3, -0.25) is 0 Å². The fraction of sp³-hybridized carbons (Fsp3) is 0.400. The molecule has 2 unspecified atom stereocenters. The zero-order valence-corrected chi connectivity index (χ0v) is 10.8. The van der Waals surface area contributed by atoms with E-state index in [-0.39, 0.29) is 5.63 Å². The summed E-state index contributed by atoms with van der Waals surface area (Å²) in [5, 5.41) is 0.892. The minimum atomic E-state index is -0.346. The van der Waals surface area contributed by atoms with Crippen molar-refractivity contribution in [2.45, 2.75) is 32.0 Å². The molecule has 1 saturated heterocycles. The number of benzene rings is 1. The van der Waals surface area contributed by atoms with Crippen LogP contribution in [-0.2, 0) is 4.74 Å². The van der Waals surface area contributed by atoms with Crippen LogP contribution >= 0.6 is 0 Å². The SMILES string of the molecule is CCC1OC1CCOc1ccc2ccc(=O)oc2c1. The normalized spacial score (nSPS) is 21.5. The van der Waals surface area contributed by atoms with Crippen LogP contribution in [0.1, 0.15) is 19.8 Å². The van der Waals surface area contributed by atoms with Gasteiger partial charge in [0.25, 0.3) is 0 Å². The molecule has 4 heteroatoms. The molecule has 0 radical (unpaired) electrons. The molecule has 1 aromatic carbocycles. The van der Waals surface area contributed by atoms with Crippen LogP contribution in [0.2, 0.25) is 0 Å². The van der Waals surface area contributed by atoms with Crippen LogP contribution in [0.3, 0.4) is 0 Å². The Balaban J connectivity index is 1.63. The average molecular weight is 260 g/mol. The summed E-state index contributed by atoms with van der Waals surface area (Å²) in [6.07, 6.45) is 2.72. The van der Waals surface area contributed by atoms with E-state index in [4.69, 9.17) is 13.9 Å². The molecule has 4 nitrogen and oxygen atoms in total. The van der Waals surface area contributed by atoms with Crippen molar-refractivity contribution >= 4 is 11.0 Å². The van der Waals surface area contributed by atoms with Gasteiger partial charge in [0.2, 0.25) is 0 Å². The van der Waals surface area contributed by atoms with Gasteiger partial charge in [0, 0.05) is 23.9 Å². The van der Waals surface area contributed by atoms with Crippen molar-refractivity contribution < 1.29 is 13.9 Å². The first-order valence-corrected chi connectivity index (χ1v) is 6.58. The van der Waals surface area contributed by atoms with Crippen molar-refractivity contribution in [2.75, 3.05) is 6.61 Å². The van der Waals surface area contributed by atoms with Crippen molar-refractivity contribution in [3.63, 3.8) is 0 Å². The van der Waals surface area contributed by atoms with Gasteiger partial charge in [-0.05, 0) is 24.6 Å². The fourth-order valence-electron chi connectivity index (χ4n) is 2.22. The average Bonchev–Trinajstić information content (AvgIpc) is 3.17. The lowest BCUT2D eigenvalue weighted by Crippen LogP contribution is -2.03. The van der Waals surface area contributed by atoms with E-state index < -0.39 is 0 Å². The monoisotopic (exact) mass is 260 g/mol. The number of rotatable bonds is 5. The molecular formula is C15H16O4. The summed E-state index contributed by atoms with van der Waals surface area (Å²) in [5.41, 5.74) is 0.209. The largest absolute Gasteiger partial charge is 0.493 e. The van der Waals surface area contributed by atoms with E-state index in [0.29, 0.717) is 24.4 Å². The van der Waals surface area contributed by atoms with E-state index in [2.05, 4.69) is 6.92 Å². The third kappa shape index (κ3) is 2.79. The van der Waals surface area contributed by atoms with E-state index in [1.165, 1.54) is 6.07 Å². The predicted molar refractivity (Wildman–Crippen MR) is 71.5 cm³/mol. The first-order chi connectivity index (χ1) is 9.26. The molecule has 1 aliphatic rings. The van der Waals surface area contributed by atoms with E-state index in [1.54, 1.807) is 12.1 Å². The van der Waals surface area contributed by atoms with Crippen molar-refractivity contribution in [3.05, 3.63) is 40.8 Å². The van der Waals surface area contributed by atoms with Gasteiger partial charge in [-0.2, -0.15) is 0 Å². The van der Waals surface area contributed by atoms with Crippen molar-refractivity contribution in [3.8, 4) is 5.75 Å². The van der Waals surface area contributed by atoms with Gasteiger partial charge in [-0.15, -0.1) is 0 Å². The lowest BCUT2D eigenvalue weighted by atomic mass is 10.2. The second-order valence-electron chi connectivity index (χ2n) is 4.71. The Hall–Kier alpha value is -1.81. The molecule has 100 valence electrons. The highest BCUT2D eigenvalue weighted by Gasteiger charge is 2.36. The highest BCUT2D eigenvalue weighted by atomic mass is 16.6. The summed E-state index contributed by atoms with van der Waals surface area (Å²) in [5.74, 6) is 0.718. The van der Waals surface area contributed by atoms with E-state index in [0.717, 1.165) is 24.0 Å². The highest BCUT2D eigenvalue weighted by molar-refractivity contribution is 5.77. The second kappa shape index (κ2) is 5.05. The van der Waals surface area contributed by atoms with Crippen LogP contribution < -0.4 is 10.4 Å². The molecule has 0 N–H and O–H groups in total. The summed E-state index contributed by atoms with van der Waals surface area (Å²) in [7, 11) is 0. The van der Waals surface area contributed by atoms with Gasteiger partial charge < -0.3 is 13.9 Å². The number of ether oxygens (including phenoxy) is 2. The van der Waals surface area contributed by atoms with Crippen molar-refractivity contribution in [1.82, 2.24) is 0 Å². The molecule has 2 heterocycles. The Morgan fingerprint density at radius 2 is 2.05 bits per heavy atom. The molecule has 1 fully saturated rings. The Kier molecular flexibility index (Phi) is 3.25. The van der Waals surface area contributed by atoms with E-state index >= 15 is 0 Å². The van der Waals surface area contributed by atoms with Gasteiger partial charge in [0.05, 0.1) is 18.8 Å². The molecule has 0 aliphatic carbocycles. The topological polar surface area (TPSA) is 52.0 Å². The summed E-state index contributed by atoms with van der Waals surface area (Å²) in [6.45, 7) is 2.74. The number of hydrogen-bond acceptors (Lipinski definition) is 4. The molecule has 1 aromatic heterocycles. The third-order valence-electron chi connectivity index (χ3n) is 3.36. The molecule has 2 atom stereocenters. The Morgan fingerprint density at radius 1 is 1.21 bits per heavy atom. The zero-order valence-electron chi connectivity index (χ0n) is 10.8. The summed E-state index contributed by atoms with van der Waals surface area (Å²) >= 11 is 0. The van der Waals surface area contributed by atoms with Crippen LogP contribution in [0, 0.1) is 0 Å². The first-order valence-electron chi connectivity index (χ1n) is 6.58. The smallest absolute Gasteiger partial charge is 0.336 e. The molecule has 1 aliphatic heterocycles. The van der Waals surface area contributed by atoms with Crippen LogP contribution in [0.5, 0.6) is 5.75 Å². The second-order valence-corrected chi connectivity index (χ2v) is 4.71. The van der Waals surface area contributed by atoms with Gasteiger partial charge in [-0.1, -0.05) is 6.92 Å². The third-order valence-corrected chi connectivity index (χ3v) is 3.36. The van der Waals surface area contributed by atoms with E-state index in [9.17, 15) is 4.79 Å². The summed E-state index contributed by atoms with van der Waals surface area (Å²) in [4.78, 5) is 11.2. The Labute approximate surface area is 110 Å². The molecule has 19 heavy (non-hydrogen) atoms. The van der Waals surface area contributed by atoms with Gasteiger partial charge in [0.1, 0.15) is 11.3 Å². The predicted octanol–water partition coefficient (Wildman–Crippen LogP) is 2.74. The van der Waals surface area contributed by atoms with Crippen LogP contribution in [-0.4, -0.2) is 18.8 Å². The molecule has 0 bridgehead atoms. The van der Waals surface area contributed by atoms with Crippen molar-refractivity contribution in [1.29, 1.82) is 0 Å². The summed E-state index contributed by atoms with van der Waals surface area (Å²) in [6, 6.07) is 8.68. The van der Waals surface area contributed by atoms with Gasteiger partial charge in [-0.25, -0.2) is 4.79 Å². The number of hydrogen-bond donors (Lipinski definition) is 0. The molecule has 3 rings (SSSR count). The maximum absolute atomic E-state index is 11.2. The van der Waals surface area contributed by atoms with E-state index in [1.807, 2.05) is 12.1 Å². The van der Waals surface area contributed by atoms with Crippen molar-refractivity contribution in [2.24, 2.45) is 0 Å². The Bertz CT molecular complexity index is 631. The van der Waals surface area contributed by atoms with Crippen LogP contribution in [0.25, 0.3) is 11.0 Å². The van der Waals surface area contributed by atoms with Gasteiger partial charge >= 0.3 is 5.63 Å². The lowest BCUT2D eigenvalue weighted by molar-refractivity contribution is 0.280. The molecular weight excluding hydrogens is 244 g/mol. The number of fused-ring (bicyclic) bond motifs is 1. The molecule has 2 aromatic rings. The molecule has 0 saturated carbocycles. The fourth-order valence-corrected chi connectivity index (χ4v) is 2.22. The van der Waals surface area contributed by atoms with Crippen LogP contribution in [0.15, 0.2) is 39.5 Å². The Morgan fingerprint density at radius 3 is 2.84 bits per heavy atom. The zero-order chi connectivity index (χ0) is 13.2. The quantitative estimate of drug-likeness (QED) is 0.612. The first kappa shape index (κ1) is 12.2. The minimum Gasteiger partial charge on any atom is -0.493 e. The number of epoxide rings is 1. The van der Waals surface area contributed by atoms with Gasteiger partial charge in [0.15, 0.2) is 0 Å². The van der Waals surface area contributed by atoms with Crippen LogP contribution in [0.4, 0.5) is 0 Å². The molecule has 0 amide bonds. The maximum atomic E-state index is 11.2. The lowest BCUT2D eigenvalue weighted by Gasteiger charge is -2.05. The molecule has 0 spiro atoms. The summed E-state index contributed by atoms with van der Waals surface area (Å²) < 4.78 is 16.2.